The van der Waals surface area contributed by atoms with Gasteiger partial charge in [0.05, 0.1) is 19.1 Å². The van der Waals surface area contributed by atoms with Crippen molar-refractivity contribution >= 4 is 11.8 Å². The molecule has 0 unspecified atom stereocenters. The molecule has 7 heteroatoms. The molecule has 1 atom stereocenters. The van der Waals surface area contributed by atoms with E-state index in [1.54, 1.807) is 24.3 Å². The summed E-state index contributed by atoms with van der Waals surface area (Å²) in [7, 11) is 0. The first kappa shape index (κ1) is 16.9. The zero-order chi connectivity index (χ0) is 14.7. The van der Waals surface area contributed by atoms with Gasteiger partial charge in [0.1, 0.15) is 5.75 Å². The van der Waals surface area contributed by atoms with Gasteiger partial charge in [-0.1, -0.05) is 18.2 Å². The molecular formula is C12H19N3O4. The second-order valence-electron chi connectivity index (χ2n) is 3.64. The summed E-state index contributed by atoms with van der Waals surface area (Å²) in [5, 5.41) is 19.6. The zero-order valence-corrected chi connectivity index (χ0v) is 10.5. The maximum Gasteiger partial charge on any atom is 0.235 e. The summed E-state index contributed by atoms with van der Waals surface area (Å²) in [4.78, 5) is 21.0. The first-order valence-corrected chi connectivity index (χ1v) is 5.63. The summed E-state index contributed by atoms with van der Waals surface area (Å²) in [6, 6.07) is 7.93. The van der Waals surface area contributed by atoms with Crippen molar-refractivity contribution < 1.29 is 19.8 Å². The minimum absolute atomic E-state index is 0.122. The van der Waals surface area contributed by atoms with Crippen molar-refractivity contribution in [2.24, 2.45) is 11.5 Å². The maximum absolute atomic E-state index is 10.6. The van der Waals surface area contributed by atoms with Crippen molar-refractivity contribution in [2.45, 2.75) is 12.5 Å². The number of hydrogen-bond donors (Lipinski definition) is 5. The number of nitrogens with two attached hydrogens (primary N) is 2. The number of nitrogens with one attached hydrogen (secondary N) is 1. The average molecular weight is 269 g/mol. The van der Waals surface area contributed by atoms with Crippen molar-refractivity contribution in [2.75, 3.05) is 13.2 Å². The predicted octanol–water partition coefficient (Wildman–Crippen LogP) is -1.31. The average Bonchev–Trinajstić information content (AvgIpc) is 2.35. The van der Waals surface area contributed by atoms with Gasteiger partial charge in [-0.2, -0.15) is 0 Å². The van der Waals surface area contributed by atoms with Crippen molar-refractivity contribution in [3.8, 4) is 5.75 Å². The van der Waals surface area contributed by atoms with E-state index in [1.807, 2.05) is 6.07 Å². The largest absolute Gasteiger partial charge is 0.508 e. The van der Waals surface area contributed by atoms with Gasteiger partial charge in [-0.3, -0.25) is 9.59 Å². The first-order chi connectivity index (χ1) is 8.97. The molecule has 1 rings (SSSR count). The Labute approximate surface area is 111 Å². The van der Waals surface area contributed by atoms with Gasteiger partial charge in [-0.05, 0) is 12.1 Å². The van der Waals surface area contributed by atoms with Gasteiger partial charge in [0, 0.05) is 6.54 Å². The number of hydrogen-bond acceptors (Lipinski definition) is 5. The summed E-state index contributed by atoms with van der Waals surface area (Å²) in [5.41, 5.74) is 9.79. The van der Waals surface area contributed by atoms with E-state index in [4.69, 9.17) is 21.7 Å². The number of carbonyl (C=O) groups is 2. The van der Waals surface area contributed by atoms with Gasteiger partial charge in [0.15, 0.2) is 0 Å². The summed E-state index contributed by atoms with van der Waals surface area (Å²) in [6.07, 6.45) is -0.144. The number of phenols is 1. The van der Waals surface area contributed by atoms with Crippen molar-refractivity contribution in [3.05, 3.63) is 30.3 Å². The zero-order valence-electron chi connectivity index (χ0n) is 10.5. The topological polar surface area (TPSA) is 139 Å². The van der Waals surface area contributed by atoms with Crippen LogP contribution in [0.15, 0.2) is 30.3 Å². The number of primary amides is 2. The van der Waals surface area contributed by atoms with E-state index >= 15 is 0 Å². The highest BCUT2D eigenvalue weighted by molar-refractivity contribution is 5.86. The molecule has 0 saturated carbocycles. The molecule has 1 aromatic carbocycles. The Morgan fingerprint density at radius 2 is 1.79 bits per heavy atom. The molecule has 2 amide bonds. The quantitative estimate of drug-likeness (QED) is 0.436. The van der Waals surface area contributed by atoms with E-state index in [2.05, 4.69) is 5.32 Å². The molecule has 0 bridgehead atoms. The van der Waals surface area contributed by atoms with Crippen LogP contribution < -0.4 is 16.8 Å². The number of phenolic OH excluding ortho intramolecular Hbond substituents is 1. The lowest BCUT2D eigenvalue weighted by atomic mass is 10.2. The minimum atomic E-state index is -0.783. The SMILES string of the molecule is NC(=O)C[C@H](NCCO)C(N)=O.Oc1ccccc1. The van der Waals surface area contributed by atoms with Crippen LogP contribution in [0, 0.1) is 0 Å². The Morgan fingerprint density at radius 1 is 1.21 bits per heavy atom. The van der Waals surface area contributed by atoms with Crippen molar-refractivity contribution in [1.82, 2.24) is 5.32 Å². The normalized spacial score (nSPS) is 11.0. The molecule has 0 spiro atoms. The Bertz CT molecular complexity index is 384. The molecule has 1 aromatic rings. The van der Waals surface area contributed by atoms with Crippen molar-refractivity contribution in [3.63, 3.8) is 0 Å². The molecular weight excluding hydrogens is 250 g/mol. The summed E-state index contributed by atoms with van der Waals surface area (Å²) >= 11 is 0. The van der Waals surface area contributed by atoms with Gasteiger partial charge in [0.2, 0.25) is 11.8 Å². The molecule has 0 radical (unpaired) electrons. The Hall–Kier alpha value is -2.12. The highest BCUT2D eigenvalue weighted by Gasteiger charge is 2.16. The van der Waals surface area contributed by atoms with E-state index in [9.17, 15) is 9.59 Å². The summed E-state index contributed by atoms with van der Waals surface area (Å²) in [5.74, 6) is -0.936. The number of amides is 2. The Morgan fingerprint density at radius 3 is 2.11 bits per heavy atom. The van der Waals surface area contributed by atoms with Gasteiger partial charge in [-0.25, -0.2) is 0 Å². The number of aliphatic hydroxyl groups excluding tert-OH is 1. The fourth-order valence-electron chi connectivity index (χ4n) is 1.14. The van der Waals surface area contributed by atoms with Gasteiger partial charge >= 0.3 is 0 Å². The molecule has 7 N–H and O–H groups in total. The van der Waals surface area contributed by atoms with E-state index in [-0.39, 0.29) is 19.6 Å². The third-order valence-electron chi connectivity index (χ3n) is 2.01. The smallest absolute Gasteiger partial charge is 0.235 e. The van der Waals surface area contributed by atoms with Crippen LogP contribution in [0.25, 0.3) is 0 Å². The molecule has 7 nitrogen and oxygen atoms in total. The molecule has 0 aliphatic carbocycles. The monoisotopic (exact) mass is 269 g/mol. The van der Waals surface area contributed by atoms with Crippen molar-refractivity contribution in [1.29, 1.82) is 0 Å². The number of rotatable bonds is 6. The fraction of sp³-hybridized carbons (Fsp3) is 0.333. The van der Waals surface area contributed by atoms with Crippen LogP contribution in [0.4, 0.5) is 0 Å². The molecule has 19 heavy (non-hydrogen) atoms. The van der Waals surface area contributed by atoms with Crippen LogP contribution in [-0.2, 0) is 9.59 Å². The van der Waals surface area contributed by atoms with E-state index < -0.39 is 17.9 Å². The minimum Gasteiger partial charge on any atom is -0.508 e. The number of aromatic hydroxyl groups is 1. The highest BCUT2D eigenvalue weighted by Crippen LogP contribution is 2.02. The Kier molecular flexibility index (Phi) is 8.76. The third kappa shape index (κ3) is 9.57. The number of aliphatic hydroxyl groups is 1. The molecule has 106 valence electrons. The van der Waals surface area contributed by atoms with Crippen LogP contribution in [0.3, 0.4) is 0 Å². The summed E-state index contributed by atoms with van der Waals surface area (Å²) in [6.45, 7) is 0.0867. The lowest BCUT2D eigenvalue weighted by Crippen LogP contribution is -2.44. The maximum atomic E-state index is 10.6. The fourth-order valence-corrected chi connectivity index (χ4v) is 1.14. The molecule has 0 aromatic heterocycles. The van der Waals surface area contributed by atoms with E-state index in [1.165, 1.54) is 0 Å². The standard InChI is InChI=1S/C6H13N3O3.C6H6O/c7-5(11)3-4(6(8)12)9-1-2-10;7-6-4-2-1-3-5-6/h4,9-10H,1-3H2,(H2,7,11)(H2,8,12);1-5,7H/t4-;/m0./s1. The van der Waals surface area contributed by atoms with E-state index in [0.29, 0.717) is 5.75 Å². The van der Waals surface area contributed by atoms with Crippen LogP contribution in [0.5, 0.6) is 5.75 Å². The van der Waals surface area contributed by atoms with Gasteiger partial charge in [0.25, 0.3) is 0 Å². The Balaban J connectivity index is 0.000000388. The van der Waals surface area contributed by atoms with Crippen LogP contribution in [-0.4, -0.2) is 41.2 Å². The molecule has 0 fully saturated rings. The van der Waals surface area contributed by atoms with Crippen LogP contribution in [0.2, 0.25) is 0 Å². The van der Waals surface area contributed by atoms with Crippen LogP contribution in [0.1, 0.15) is 6.42 Å². The molecule has 0 heterocycles. The summed E-state index contributed by atoms with van der Waals surface area (Å²) < 4.78 is 0. The lowest BCUT2D eigenvalue weighted by molar-refractivity contribution is -0.125. The lowest BCUT2D eigenvalue weighted by Gasteiger charge is -2.11. The second kappa shape index (κ2) is 9.86. The second-order valence-corrected chi connectivity index (χ2v) is 3.64. The predicted molar refractivity (Wildman–Crippen MR) is 70.0 cm³/mol. The van der Waals surface area contributed by atoms with Gasteiger partial charge in [-0.15, -0.1) is 0 Å². The van der Waals surface area contributed by atoms with E-state index in [0.717, 1.165) is 0 Å². The number of benzene rings is 1. The highest BCUT2D eigenvalue weighted by atomic mass is 16.3. The molecule has 0 aliphatic rings. The molecule has 0 saturated heterocycles. The van der Waals surface area contributed by atoms with Crippen LogP contribution >= 0.6 is 0 Å². The molecule has 0 aliphatic heterocycles. The third-order valence-corrected chi connectivity index (χ3v) is 2.01. The number of carbonyl (C=O) groups excluding carboxylic acids is 2. The number of para-hydroxylation sites is 1. The first-order valence-electron chi connectivity index (χ1n) is 5.63. The van der Waals surface area contributed by atoms with Gasteiger partial charge < -0.3 is 27.0 Å².